The van der Waals surface area contributed by atoms with Gasteiger partial charge in [0.25, 0.3) is 5.69 Å². The molecule has 0 radical (unpaired) electrons. The van der Waals surface area contributed by atoms with Crippen LogP contribution in [-0.2, 0) is 0 Å². The molecule has 0 bridgehead atoms. The summed E-state index contributed by atoms with van der Waals surface area (Å²) in [5, 5.41) is 11.1. The fourth-order valence-corrected chi connectivity index (χ4v) is 2.82. The Bertz CT molecular complexity index is 1020. The van der Waals surface area contributed by atoms with Crippen molar-refractivity contribution in [2.75, 3.05) is 6.54 Å². The van der Waals surface area contributed by atoms with Gasteiger partial charge in [-0.05, 0) is 48.9 Å². The predicted molar refractivity (Wildman–Crippen MR) is 104 cm³/mol. The van der Waals surface area contributed by atoms with E-state index in [-0.39, 0.29) is 18.0 Å². The Morgan fingerprint density at radius 2 is 1.93 bits per heavy atom. The lowest BCUT2D eigenvalue weighted by molar-refractivity contribution is -0.384. The van der Waals surface area contributed by atoms with Gasteiger partial charge in [-0.15, -0.1) is 0 Å². The predicted octanol–water partition coefficient (Wildman–Crippen LogP) is 5.12. The number of ketones is 1. The second-order valence-corrected chi connectivity index (χ2v) is 6.29. The number of furan rings is 1. The Morgan fingerprint density at radius 3 is 2.59 bits per heavy atom. The number of carbonyl (C=O) groups is 1. The second kappa shape index (κ2) is 7.97. The van der Waals surface area contributed by atoms with Gasteiger partial charge in [0.1, 0.15) is 18.1 Å². The minimum Gasteiger partial charge on any atom is -0.455 e. The van der Waals surface area contributed by atoms with Crippen LogP contribution in [-0.4, -0.2) is 23.5 Å². The lowest BCUT2D eigenvalue weighted by Crippen LogP contribution is -2.04. The van der Waals surface area contributed by atoms with Crippen LogP contribution in [0.1, 0.15) is 21.7 Å². The first kappa shape index (κ1) is 18.5. The molecule has 0 unspecified atom stereocenters. The van der Waals surface area contributed by atoms with Crippen molar-refractivity contribution in [2.24, 2.45) is 4.99 Å². The van der Waals surface area contributed by atoms with Gasteiger partial charge in [0, 0.05) is 23.3 Å². The van der Waals surface area contributed by atoms with Gasteiger partial charge in [0.2, 0.25) is 0 Å². The molecule has 3 rings (SSSR count). The molecule has 0 aliphatic carbocycles. The fourth-order valence-electron chi connectivity index (χ4n) is 2.47. The third-order valence-electron chi connectivity index (χ3n) is 3.87. The molecule has 0 amide bonds. The minimum atomic E-state index is -0.457. The maximum absolute atomic E-state index is 12.2. The number of nitrogens with zero attached hydrogens (tertiary/aromatic N) is 2. The SMILES string of the molecule is Cc1ccc(C(=O)CN=Cc2ccc(-c3ccc([N+](=O)[O-])cc3)o2)c(Cl)c1. The highest BCUT2D eigenvalue weighted by Crippen LogP contribution is 2.24. The van der Waals surface area contributed by atoms with Crippen LogP contribution in [0, 0.1) is 17.0 Å². The average Bonchev–Trinajstić information content (AvgIpc) is 3.10. The Balaban J connectivity index is 1.66. The fraction of sp³-hybridized carbons (Fsp3) is 0.100. The van der Waals surface area contributed by atoms with Crippen LogP contribution in [0.3, 0.4) is 0 Å². The molecular formula is C20H15ClN2O4. The van der Waals surface area contributed by atoms with E-state index in [1.807, 2.05) is 13.0 Å². The van der Waals surface area contributed by atoms with E-state index in [0.717, 1.165) is 5.56 Å². The van der Waals surface area contributed by atoms with Crippen molar-refractivity contribution < 1.29 is 14.1 Å². The zero-order valence-corrected chi connectivity index (χ0v) is 15.1. The standard InChI is InChI=1S/C20H15ClN2O4/c1-13-2-8-17(18(21)10-13)19(24)12-22-11-16-7-9-20(27-16)14-3-5-15(6-4-14)23(25)26/h2-11H,12H2,1H3. The molecule has 0 aliphatic heterocycles. The average molecular weight is 383 g/mol. The van der Waals surface area contributed by atoms with E-state index in [2.05, 4.69) is 4.99 Å². The summed E-state index contributed by atoms with van der Waals surface area (Å²) in [5.74, 6) is 0.851. The number of benzene rings is 2. The first-order valence-corrected chi connectivity index (χ1v) is 8.45. The third kappa shape index (κ3) is 4.48. The van der Waals surface area contributed by atoms with E-state index in [4.69, 9.17) is 16.0 Å². The number of nitro benzene ring substituents is 1. The maximum Gasteiger partial charge on any atom is 0.269 e. The van der Waals surface area contributed by atoms with Gasteiger partial charge >= 0.3 is 0 Å². The van der Waals surface area contributed by atoms with Gasteiger partial charge in [0.15, 0.2) is 5.78 Å². The number of Topliss-reactive ketones (excluding diaryl/α,β-unsaturated/α-hetero) is 1. The van der Waals surface area contributed by atoms with Gasteiger partial charge < -0.3 is 4.42 Å². The lowest BCUT2D eigenvalue weighted by Gasteiger charge is -2.02. The Labute approximate surface area is 160 Å². The van der Waals surface area contributed by atoms with Crippen molar-refractivity contribution >= 4 is 29.3 Å². The summed E-state index contributed by atoms with van der Waals surface area (Å²) in [6.07, 6.45) is 1.47. The van der Waals surface area contributed by atoms with Crippen molar-refractivity contribution in [1.29, 1.82) is 0 Å². The van der Waals surface area contributed by atoms with Crippen molar-refractivity contribution in [2.45, 2.75) is 6.92 Å². The molecule has 1 heterocycles. The van der Waals surface area contributed by atoms with E-state index in [9.17, 15) is 14.9 Å². The van der Waals surface area contributed by atoms with E-state index in [1.54, 1.807) is 36.4 Å². The van der Waals surface area contributed by atoms with Gasteiger partial charge in [-0.2, -0.15) is 0 Å². The zero-order valence-electron chi connectivity index (χ0n) is 14.4. The number of aryl methyl sites for hydroxylation is 1. The molecule has 0 saturated heterocycles. The highest BCUT2D eigenvalue weighted by Gasteiger charge is 2.10. The highest BCUT2D eigenvalue weighted by atomic mass is 35.5. The molecule has 136 valence electrons. The molecule has 7 heteroatoms. The molecule has 1 aromatic heterocycles. The second-order valence-electron chi connectivity index (χ2n) is 5.88. The Morgan fingerprint density at radius 1 is 1.19 bits per heavy atom. The van der Waals surface area contributed by atoms with Gasteiger partial charge in [-0.1, -0.05) is 17.7 Å². The molecule has 3 aromatic rings. The third-order valence-corrected chi connectivity index (χ3v) is 4.18. The maximum atomic E-state index is 12.2. The summed E-state index contributed by atoms with van der Waals surface area (Å²) in [6.45, 7) is 1.86. The molecule has 0 saturated carbocycles. The molecule has 2 aromatic carbocycles. The van der Waals surface area contributed by atoms with Crippen molar-refractivity contribution in [3.63, 3.8) is 0 Å². The summed E-state index contributed by atoms with van der Waals surface area (Å²) >= 11 is 6.09. The number of hydrogen-bond acceptors (Lipinski definition) is 5. The summed E-state index contributed by atoms with van der Waals surface area (Å²) in [4.78, 5) is 26.5. The molecule has 0 atom stereocenters. The van der Waals surface area contributed by atoms with E-state index in [1.165, 1.54) is 18.3 Å². The Kier molecular flexibility index (Phi) is 5.47. The summed E-state index contributed by atoms with van der Waals surface area (Å²) < 4.78 is 5.64. The lowest BCUT2D eigenvalue weighted by atomic mass is 10.1. The first-order chi connectivity index (χ1) is 12.9. The van der Waals surface area contributed by atoms with Crippen LogP contribution >= 0.6 is 11.6 Å². The first-order valence-electron chi connectivity index (χ1n) is 8.08. The van der Waals surface area contributed by atoms with Crippen molar-refractivity contribution in [1.82, 2.24) is 0 Å². The van der Waals surface area contributed by atoms with Gasteiger partial charge in [-0.3, -0.25) is 19.9 Å². The molecule has 0 N–H and O–H groups in total. The van der Waals surface area contributed by atoms with Crippen LogP contribution < -0.4 is 0 Å². The number of aliphatic imine (C=N–C) groups is 1. The topological polar surface area (TPSA) is 85.7 Å². The van der Waals surface area contributed by atoms with Crippen LogP contribution in [0.25, 0.3) is 11.3 Å². The smallest absolute Gasteiger partial charge is 0.269 e. The summed E-state index contributed by atoms with van der Waals surface area (Å²) in [6, 6.07) is 14.8. The molecular weight excluding hydrogens is 368 g/mol. The van der Waals surface area contributed by atoms with Crippen LogP contribution in [0.4, 0.5) is 5.69 Å². The molecule has 0 spiro atoms. The van der Waals surface area contributed by atoms with Crippen molar-refractivity contribution in [3.8, 4) is 11.3 Å². The quantitative estimate of drug-likeness (QED) is 0.256. The molecule has 0 aliphatic rings. The number of rotatable bonds is 6. The monoisotopic (exact) mass is 382 g/mol. The van der Waals surface area contributed by atoms with E-state index < -0.39 is 4.92 Å². The van der Waals surface area contributed by atoms with Gasteiger partial charge in [0.05, 0.1) is 16.2 Å². The number of hydrogen-bond donors (Lipinski definition) is 0. The highest BCUT2D eigenvalue weighted by molar-refractivity contribution is 6.34. The number of non-ortho nitro benzene ring substituents is 1. The Hall–Kier alpha value is -3.25. The van der Waals surface area contributed by atoms with E-state index >= 15 is 0 Å². The molecule has 6 nitrogen and oxygen atoms in total. The number of halogens is 1. The van der Waals surface area contributed by atoms with Crippen LogP contribution in [0.5, 0.6) is 0 Å². The van der Waals surface area contributed by atoms with E-state index in [0.29, 0.717) is 27.7 Å². The van der Waals surface area contributed by atoms with Gasteiger partial charge in [-0.25, -0.2) is 0 Å². The minimum absolute atomic E-state index is 0.0142. The summed E-state index contributed by atoms with van der Waals surface area (Å²) in [5.41, 5.74) is 2.14. The largest absolute Gasteiger partial charge is 0.455 e. The number of carbonyl (C=O) groups excluding carboxylic acids is 1. The number of nitro groups is 1. The molecule has 27 heavy (non-hydrogen) atoms. The zero-order chi connectivity index (χ0) is 19.4. The van der Waals surface area contributed by atoms with Crippen molar-refractivity contribution in [3.05, 3.63) is 86.6 Å². The summed E-state index contributed by atoms with van der Waals surface area (Å²) in [7, 11) is 0. The molecule has 0 fully saturated rings. The van der Waals surface area contributed by atoms with Crippen LogP contribution in [0.2, 0.25) is 5.02 Å². The normalized spacial score (nSPS) is 11.0. The van der Waals surface area contributed by atoms with Crippen LogP contribution in [0.15, 0.2) is 64.0 Å².